The number of hydrogen-bond acceptors (Lipinski definition) is 6. The van der Waals surface area contributed by atoms with Gasteiger partial charge in [-0.1, -0.05) is 24.3 Å². The third-order valence-electron chi connectivity index (χ3n) is 8.61. The van der Waals surface area contributed by atoms with Crippen molar-refractivity contribution < 1.29 is 36.7 Å². The van der Waals surface area contributed by atoms with E-state index in [1.165, 1.54) is 17.0 Å². The average molecular weight is 596 g/mol. The van der Waals surface area contributed by atoms with Crippen LogP contribution in [0.15, 0.2) is 53.4 Å². The summed E-state index contributed by atoms with van der Waals surface area (Å²) < 4.78 is 68.9. The van der Waals surface area contributed by atoms with Crippen LogP contribution in [0.3, 0.4) is 0 Å². The van der Waals surface area contributed by atoms with Crippen molar-refractivity contribution in [3.05, 3.63) is 70.4 Å². The number of sulfone groups is 1. The molecule has 1 saturated heterocycles. The van der Waals surface area contributed by atoms with Gasteiger partial charge in [-0.2, -0.15) is 13.2 Å². The molecular weight excluding hydrogens is 559 g/mol. The minimum atomic E-state index is -4.84. The molecule has 2 fully saturated rings. The van der Waals surface area contributed by atoms with E-state index >= 15 is 0 Å². The second-order valence-corrected chi connectivity index (χ2v) is 13.3. The van der Waals surface area contributed by atoms with Gasteiger partial charge in [-0.05, 0) is 82.3 Å². The first kappa shape index (κ1) is 31.1. The molecule has 0 unspecified atom stereocenters. The molecule has 0 spiro atoms. The van der Waals surface area contributed by atoms with Crippen molar-refractivity contribution in [3.63, 3.8) is 0 Å². The largest absolute Gasteiger partial charge is 0.628 e. The summed E-state index contributed by atoms with van der Waals surface area (Å²) in [6, 6.07) is 10.9. The predicted octanol–water partition coefficient (Wildman–Crippen LogP) is 3.57. The number of benzene rings is 2. The number of hydrogen-bond donors (Lipinski definition) is 1. The van der Waals surface area contributed by atoms with Crippen LogP contribution in [-0.4, -0.2) is 67.5 Å². The quantitative estimate of drug-likeness (QED) is 0.467. The first-order chi connectivity index (χ1) is 19.3. The van der Waals surface area contributed by atoms with Crippen molar-refractivity contribution >= 4 is 21.7 Å². The summed E-state index contributed by atoms with van der Waals surface area (Å²) in [4.78, 5) is 30.1. The lowest BCUT2D eigenvalue weighted by atomic mass is 9.80. The topological polar surface area (TPSA) is 114 Å². The molecule has 0 bridgehead atoms. The maximum atomic E-state index is 14.0. The number of amides is 2. The summed E-state index contributed by atoms with van der Waals surface area (Å²) in [6.07, 6.45) is -3.11. The lowest BCUT2D eigenvalue weighted by molar-refractivity contribution is -0.482. The monoisotopic (exact) mass is 595 g/mol. The second-order valence-electron chi connectivity index (χ2n) is 11.3. The summed E-state index contributed by atoms with van der Waals surface area (Å²) in [5.41, 5.74) is -2.07. The fourth-order valence-electron chi connectivity index (χ4n) is 6.38. The van der Waals surface area contributed by atoms with Crippen LogP contribution >= 0.6 is 0 Å². The number of hydroxylamine groups is 1. The van der Waals surface area contributed by atoms with Crippen molar-refractivity contribution in [2.24, 2.45) is 5.92 Å². The lowest BCUT2D eigenvalue weighted by Crippen LogP contribution is -2.81. The molecule has 2 aliphatic rings. The number of carbonyl (C=O) groups excluding carboxylic acids is 2. The highest BCUT2D eigenvalue weighted by Crippen LogP contribution is 2.43. The Kier molecular flexibility index (Phi) is 9.27. The fraction of sp³-hybridized carbons (Fsp3) is 0.517. The molecule has 4 atom stereocenters. The molecule has 1 heterocycles. The van der Waals surface area contributed by atoms with Gasteiger partial charge in [0.1, 0.15) is 0 Å². The molecule has 224 valence electrons. The number of primary amides is 1. The fourth-order valence-corrected chi connectivity index (χ4v) is 8.06. The Balaban J connectivity index is 1.69. The molecule has 8 nitrogen and oxygen atoms in total. The summed E-state index contributed by atoms with van der Waals surface area (Å²) in [5, 5.41) is 11.3. The molecular formula is C29H36F3N3O5S. The van der Waals surface area contributed by atoms with Crippen LogP contribution in [0.25, 0.3) is 0 Å². The van der Waals surface area contributed by atoms with Gasteiger partial charge in [0.15, 0.2) is 9.84 Å². The highest BCUT2D eigenvalue weighted by molar-refractivity contribution is 7.91. The Hall–Kier alpha value is -2.80. The predicted molar refractivity (Wildman–Crippen MR) is 146 cm³/mol. The third kappa shape index (κ3) is 6.50. The van der Waals surface area contributed by atoms with Gasteiger partial charge in [0.2, 0.25) is 5.91 Å². The van der Waals surface area contributed by atoms with Gasteiger partial charge in [0.25, 0.3) is 0 Å². The zero-order valence-electron chi connectivity index (χ0n) is 23.3. The van der Waals surface area contributed by atoms with E-state index in [-0.39, 0.29) is 41.2 Å². The minimum absolute atomic E-state index is 0.0229. The molecule has 1 saturated carbocycles. The van der Waals surface area contributed by atoms with E-state index in [1.54, 1.807) is 18.2 Å². The first-order valence-corrected chi connectivity index (χ1v) is 15.4. The van der Waals surface area contributed by atoms with E-state index in [1.807, 2.05) is 20.9 Å². The van der Waals surface area contributed by atoms with E-state index in [2.05, 4.69) is 4.90 Å². The SMILES string of the molecule is CC(C)N(C)[C@@H]1CC[C@H](N2CC[C@@H](c3c(C(=O)[NH2+][O-])cccc3C(F)(F)F)C2=O)[C@H](CS(=O)(=O)c2ccccc2)C1. The summed E-state index contributed by atoms with van der Waals surface area (Å²) in [6.45, 7) is 4.22. The highest BCUT2D eigenvalue weighted by Gasteiger charge is 2.47. The van der Waals surface area contributed by atoms with Gasteiger partial charge < -0.3 is 20.5 Å². The molecule has 2 N–H and O–H groups in total. The van der Waals surface area contributed by atoms with Crippen LogP contribution in [0.1, 0.15) is 66.9 Å². The molecule has 4 rings (SSSR count). The number of rotatable bonds is 8. The van der Waals surface area contributed by atoms with Crippen LogP contribution in [0.2, 0.25) is 0 Å². The zero-order valence-corrected chi connectivity index (χ0v) is 24.1. The average Bonchev–Trinajstić information content (AvgIpc) is 3.31. The van der Waals surface area contributed by atoms with Gasteiger partial charge in [-0.3, -0.25) is 4.79 Å². The third-order valence-corrected chi connectivity index (χ3v) is 10.5. The number of halogens is 3. The van der Waals surface area contributed by atoms with Crippen molar-refractivity contribution in [2.75, 3.05) is 19.3 Å². The van der Waals surface area contributed by atoms with Gasteiger partial charge in [-0.25, -0.2) is 13.2 Å². The first-order valence-electron chi connectivity index (χ1n) is 13.8. The van der Waals surface area contributed by atoms with Gasteiger partial charge in [-0.15, -0.1) is 0 Å². The van der Waals surface area contributed by atoms with Crippen LogP contribution in [0, 0.1) is 11.1 Å². The maximum absolute atomic E-state index is 14.0. The van der Waals surface area contributed by atoms with Gasteiger partial charge >= 0.3 is 12.1 Å². The van der Waals surface area contributed by atoms with E-state index < -0.39 is 62.4 Å². The summed E-state index contributed by atoms with van der Waals surface area (Å²) in [7, 11) is -1.73. The number of quaternary nitrogens is 1. The van der Waals surface area contributed by atoms with E-state index in [0.717, 1.165) is 18.2 Å². The number of likely N-dealkylation sites (tertiary alicyclic amines) is 1. The van der Waals surface area contributed by atoms with Gasteiger partial charge in [0.05, 0.1) is 27.7 Å². The Morgan fingerprint density at radius 1 is 1.10 bits per heavy atom. The Morgan fingerprint density at radius 2 is 1.78 bits per heavy atom. The number of alkyl halides is 3. The normalized spacial score (nSPS) is 23.9. The highest BCUT2D eigenvalue weighted by atomic mass is 32.2. The molecule has 1 aliphatic carbocycles. The van der Waals surface area contributed by atoms with E-state index in [0.29, 0.717) is 19.3 Å². The van der Waals surface area contributed by atoms with Crippen molar-refractivity contribution in [2.45, 2.75) is 74.6 Å². The van der Waals surface area contributed by atoms with Crippen LogP contribution in [0.4, 0.5) is 13.2 Å². The van der Waals surface area contributed by atoms with Crippen LogP contribution < -0.4 is 5.48 Å². The Morgan fingerprint density at radius 3 is 2.39 bits per heavy atom. The molecule has 0 aromatic heterocycles. The standard InChI is InChI=1S/C29H36F3N3O5S/c1-18(2)34(3)20-12-13-25(19(16-20)17-41(39,40)21-8-5-4-6-9-21)35-15-14-23(28(35)37)26-22(27(36)33-38)10-7-11-24(26)29(30,31)32/h4-11,18-20,23,25H,12-17,33H2,1-3H3/t19-,20+,23-,25-/m0/s1. The van der Waals surface area contributed by atoms with E-state index in [9.17, 15) is 36.4 Å². The molecule has 2 amide bonds. The molecule has 2 aromatic carbocycles. The molecule has 0 radical (unpaired) electrons. The molecule has 2 aromatic rings. The van der Waals surface area contributed by atoms with Crippen molar-refractivity contribution in [1.29, 1.82) is 0 Å². The lowest BCUT2D eigenvalue weighted by Gasteiger charge is -2.44. The Bertz CT molecular complexity index is 1370. The molecule has 41 heavy (non-hydrogen) atoms. The summed E-state index contributed by atoms with van der Waals surface area (Å²) in [5.74, 6) is -3.62. The number of carbonyl (C=O) groups is 2. The second kappa shape index (κ2) is 12.2. The zero-order chi connectivity index (χ0) is 30.1. The number of nitrogens with two attached hydrogens (primary N) is 1. The smallest absolute Gasteiger partial charge is 0.416 e. The summed E-state index contributed by atoms with van der Waals surface area (Å²) >= 11 is 0. The van der Waals surface area contributed by atoms with E-state index in [4.69, 9.17) is 0 Å². The Labute approximate surface area is 238 Å². The molecule has 1 aliphatic heterocycles. The van der Waals surface area contributed by atoms with Crippen LogP contribution in [-0.2, 0) is 20.8 Å². The number of nitrogens with zero attached hydrogens (tertiary/aromatic N) is 2. The maximum Gasteiger partial charge on any atom is 0.416 e. The van der Waals surface area contributed by atoms with Gasteiger partial charge in [0, 0.05) is 24.7 Å². The van der Waals surface area contributed by atoms with Crippen LogP contribution in [0.5, 0.6) is 0 Å². The van der Waals surface area contributed by atoms with Crippen molar-refractivity contribution in [1.82, 2.24) is 9.80 Å². The van der Waals surface area contributed by atoms with Crippen molar-refractivity contribution in [3.8, 4) is 0 Å². The minimum Gasteiger partial charge on any atom is -0.628 e. The molecule has 12 heteroatoms.